The predicted octanol–water partition coefficient (Wildman–Crippen LogP) is 3.27. The average molecular weight is 230 g/mol. The van der Waals surface area contributed by atoms with Crippen LogP contribution >= 0.6 is 0 Å². The second-order valence-electron chi connectivity index (χ2n) is 5.77. The summed E-state index contributed by atoms with van der Waals surface area (Å²) in [6.45, 7) is 0. The first-order valence-corrected chi connectivity index (χ1v) is 7.11. The second kappa shape index (κ2) is 4.81. The van der Waals surface area contributed by atoms with E-state index in [-0.39, 0.29) is 6.10 Å². The molecule has 1 aromatic carbocycles. The first-order chi connectivity index (χ1) is 8.33. The number of aliphatic hydroxyl groups is 1. The zero-order valence-corrected chi connectivity index (χ0v) is 10.5. The molecule has 1 saturated carbocycles. The Bertz CT molecular complexity index is 391. The van der Waals surface area contributed by atoms with Crippen molar-refractivity contribution in [1.82, 2.24) is 0 Å². The molecule has 2 aliphatic carbocycles. The fraction of sp³-hybridized carbons (Fsp3) is 0.625. The number of rotatable bonds is 3. The molecule has 1 fully saturated rings. The third-order valence-corrected chi connectivity index (χ3v) is 4.55. The van der Waals surface area contributed by atoms with Crippen LogP contribution in [0.25, 0.3) is 0 Å². The lowest BCUT2D eigenvalue weighted by atomic mass is 9.93. The fourth-order valence-corrected chi connectivity index (χ4v) is 3.50. The third kappa shape index (κ3) is 2.40. The van der Waals surface area contributed by atoms with Crippen molar-refractivity contribution in [2.75, 3.05) is 0 Å². The van der Waals surface area contributed by atoms with Crippen LogP contribution in [0.4, 0.5) is 0 Å². The molecule has 1 aromatic rings. The van der Waals surface area contributed by atoms with E-state index < -0.39 is 0 Å². The number of fused-ring (bicyclic) bond motifs is 1. The largest absolute Gasteiger partial charge is 0.392 e. The summed E-state index contributed by atoms with van der Waals surface area (Å²) in [5.74, 6) is 0.559. The minimum atomic E-state index is -0.114. The fourth-order valence-electron chi connectivity index (χ4n) is 3.50. The Morgan fingerprint density at radius 1 is 1.06 bits per heavy atom. The summed E-state index contributed by atoms with van der Waals surface area (Å²) >= 11 is 0. The first-order valence-electron chi connectivity index (χ1n) is 7.11. The number of hydrogen-bond donors (Lipinski definition) is 1. The molecule has 0 heterocycles. The van der Waals surface area contributed by atoms with Crippen molar-refractivity contribution in [2.24, 2.45) is 5.92 Å². The maximum atomic E-state index is 10.3. The Morgan fingerprint density at radius 2 is 1.82 bits per heavy atom. The van der Waals surface area contributed by atoms with E-state index in [2.05, 4.69) is 18.2 Å². The van der Waals surface area contributed by atoms with Crippen molar-refractivity contribution in [2.45, 2.75) is 57.5 Å². The predicted molar refractivity (Wildman–Crippen MR) is 70.1 cm³/mol. The van der Waals surface area contributed by atoms with Crippen LogP contribution in [0, 0.1) is 5.92 Å². The molecule has 0 spiro atoms. The highest BCUT2D eigenvalue weighted by molar-refractivity contribution is 5.35. The van der Waals surface area contributed by atoms with Crippen LogP contribution in [-0.2, 0) is 19.3 Å². The summed E-state index contributed by atoms with van der Waals surface area (Å²) in [4.78, 5) is 0. The van der Waals surface area contributed by atoms with Crippen molar-refractivity contribution in [3.05, 3.63) is 34.9 Å². The summed E-state index contributed by atoms with van der Waals surface area (Å²) in [5, 5.41) is 10.3. The lowest BCUT2D eigenvalue weighted by Crippen LogP contribution is -2.20. The molecule has 3 rings (SSSR count). The van der Waals surface area contributed by atoms with E-state index in [0.29, 0.717) is 5.92 Å². The van der Waals surface area contributed by atoms with E-state index in [1.807, 2.05) is 0 Å². The van der Waals surface area contributed by atoms with Crippen molar-refractivity contribution < 1.29 is 5.11 Å². The Morgan fingerprint density at radius 3 is 2.65 bits per heavy atom. The SMILES string of the molecule is OC(Cc1ccc2c(c1)CCC2)C1CCCC1. The van der Waals surface area contributed by atoms with Gasteiger partial charge < -0.3 is 5.11 Å². The maximum absolute atomic E-state index is 10.3. The Kier molecular flexibility index (Phi) is 3.19. The molecule has 1 atom stereocenters. The molecule has 0 aromatic heterocycles. The Labute approximate surface area is 104 Å². The van der Waals surface area contributed by atoms with Gasteiger partial charge in [-0.2, -0.15) is 0 Å². The maximum Gasteiger partial charge on any atom is 0.0608 e. The van der Waals surface area contributed by atoms with Crippen molar-refractivity contribution in [1.29, 1.82) is 0 Å². The van der Waals surface area contributed by atoms with Gasteiger partial charge in [0, 0.05) is 0 Å². The third-order valence-electron chi connectivity index (χ3n) is 4.55. The molecule has 0 radical (unpaired) electrons. The number of aliphatic hydroxyl groups excluding tert-OH is 1. The lowest BCUT2D eigenvalue weighted by Gasteiger charge is -2.18. The molecule has 92 valence electrons. The Balaban J connectivity index is 1.68. The standard InChI is InChI=1S/C16H22O/c17-16(14-4-1-2-5-14)11-12-8-9-13-6-3-7-15(13)10-12/h8-10,14,16-17H,1-7,11H2. The van der Waals surface area contributed by atoms with Gasteiger partial charge in [0.05, 0.1) is 6.10 Å². The number of aryl methyl sites for hydroxylation is 2. The van der Waals surface area contributed by atoms with Gasteiger partial charge in [0.2, 0.25) is 0 Å². The summed E-state index contributed by atoms with van der Waals surface area (Å²) < 4.78 is 0. The van der Waals surface area contributed by atoms with E-state index in [1.165, 1.54) is 61.6 Å². The minimum Gasteiger partial charge on any atom is -0.392 e. The highest BCUT2D eigenvalue weighted by atomic mass is 16.3. The summed E-state index contributed by atoms with van der Waals surface area (Å²) in [5.41, 5.74) is 4.40. The van der Waals surface area contributed by atoms with E-state index in [4.69, 9.17) is 0 Å². The average Bonchev–Trinajstić information content (AvgIpc) is 2.99. The zero-order chi connectivity index (χ0) is 11.7. The van der Waals surface area contributed by atoms with E-state index >= 15 is 0 Å². The molecule has 1 N–H and O–H groups in total. The van der Waals surface area contributed by atoms with Gasteiger partial charge in [-0.05, 0) is 61.1 Å². The molecule has 0 aliphatic heterocycles. The van der Waals surface area contributed by atoms with Gasteiger partial charge in [-0.3, -0.25) is 0 Å². The van der Waals surface area contributed by atoms with E-state index in [1.54, 1.807) is 0 Å². The number of hydrogen-bond acceptors (Lipinski definition) is 1. The topological polar surface area (TPSA) is 20.2 Å². The van der Waals surface area contributed by atoms with Gasteiger partial charge in [0.1, 0.15) is 0 Å². The van der Waals surface area contributed by atoms with E-state index in [0.717, 1.165) is 6.42 Å². The monoisotopic (exact) mass is 230 g/mol. The molecule has 1 heteroatoms. The van der Waals surface area contributed by atoms with Gasteiger partial charge in [0.15, 0.2) is 0 Å². The van der Waals surface area contributed by atoms with Crippen LogP contribution in [0.15, 0.2) is 18.2 Å². The van der Waals surface area contributed by atoms with Crippen LogP contribution < -0.4 is 0 Å². The van der Waals surface area contributed by atoms with Gasteiger partial charge in [-0.1, -0.05) is 31.0 Å². The highest BCUT2D eigenvalue weighted by Gasteiger charge is 2.23. The molecule has 1 nitrogen and oxygen atoms in total. The second-order valence-corrected chi connectivity index (χ2v) is 5.77. The molecular formula is C16H22O. The van der Waals surface area contributed by atoms with Gasteiger partial charge in [-0.15, -0.1) is 0 Å². The summed E-state index contributed by atoms with van der Waals surface area (Å²) in [7, 11) is 0. The highest BCUT2D eigenvalue weighted by Crippen LogP contribution is 2.30. The normalized spacial score (nSPS) is 21.7. The molecule has 2 aliphatic rings. The van der Waals surface area contributed by atoms with Gasteiger partial charge in [-0.25, -0.2) is 0 Å². The molecule has 0 amide bonds. The van der Waals surface area contributed by atoms with Crippen LogP contribution in [0.5, 0.6) is 0 Å². The zero-order valence-electron chi connectivity index (χ0n) is 10.5. The lowest BCUT2D eigenvalue weighted by molar-refractivity contribution is 0.111. The van der Waals surface area contributed by atoms with Crippen LogP contribution in [-0.4, -0.2) is 11.2 Å². The smallest absolute Gasteiger partial charge is 0.0608 e. The van der Waals surface area contributed by atoms with Crippen LogP contribution in [0.1, 0.15) is 48.8 Å². The first kappa shape index (κ1) is 11.3. The van der Waals surface area contributed by atoms with Crippen LogP contribution in [0.2, 0.25) is 0 Å². The van der Waals surface area contributed by atoms with Crippen LogP contribution in [0.3, 0.4) is 0 Å². The minimum absolute atomic E-state index is 0.114. The molecule has 1 unspecified atom stereocenters. The Hall–Kier alpha value is -0.820. The van der Waals surface area contributed by atoms with Gasteiger partial charge >= 0.3 is 0 Å². The van der Waals surface area contributed by atoms with Crippen molar-refractivity contribution >= 4 is 0 Å². The molecule has 0 saturated heterocycles. The number of benzene rings is 1. The summed E-state index contributed by atoms with van der Waals surface area (Å²) in [6.07, 6.45) is 9.62. The summed E-state index contributed by atoms with van der Waals surface area (Å²) in [6, 6.07) is 6.84. The quantitative estimate of drug-likeness (QED) is 0.845. The van der Waals surface area contributed by atoms with Crippen molar-refractivity contribution in [3.8, 4) is 0 Å². The molecule has 0 bridgehead atoms. The van der Waals surface area contributed by atoms with Gasteiger partial charge in [0.25, 0.3) is 0 Å². The van der Waals surface area contributed by atoms with Crippen molar-refractivity contribution in [3.63, 3.8) is 0 Å². The molecule has 17 heavy (non-hydrogen) atoms. The molecular weight excluding hydrogens is 208 g/mol. The van der Waals surface area contributed by atoms with E-state index in [9.17, 15) is 5.11 Å².